The van der Waals surface area contributed by atoms with E-state index in [0.29, 0.717) is 19.1 Å². The van der Waals surface area contributed by atoms with Gasteiger partial charge in [0.15, 0.2) is 5.96 Å². The van der Waals surface area contributed by atoms with Crippen LogP contribution >= 0.6 is 0 Å². The highest BCUT2D eigenvalue weighted by molar-refractivity contribution is 5.78. The number of nitrogens with one attached hydrogen (secondary N) is 1. The number of ether oxygens (including phenoxy) is 1. The number of rotatable bonds is 4. The summed E-state index contributed by atoms with van der Waals surface area (Å²) in [4.78, 5) is 12.9. The van der Waals surface area contributed by atoms with Crippen molar-refractivity contribution < 1.29 is 4.74 Å². The molecule has 0 saturated carbocycles. The number of hydrogen-bond donors (Lipinski definition) is 2. The number of guanidine groups is 1. The van der Waals surface area contributed by atoms with Gasteiger partial charge in [0.25, 0.3) is 0 Å². The van der Waals surface area contributed by atoms with Crippen molar-refractivity contribution in [3.05, 3.63) is 53.6 Å². The van der Waals surface area contributed by atoms with Crippen molar-refractivity contribution in [1.82, 2.24) is 15.3 Å². The maximum Gasteiger partial charge on any atom is 0.189 e. The van der Waals surface area contributed by atoms with Crippen LogP contribution in [0, 0.1) is 6.92 Å². The van der Waals surface area contributed by atoms with E-state index in [1.54, 1.807) is 12.4 Å². The first-order chi connectivity index (χ1) is 11.2. The van der Waals surface area contributed by atoms with E-state index in [4.69, 9.17) is 10.5 Å². The van der Waals surface area contributed by atoms with Crippen LogP contribution < -0.4 is 15.8 Å². The first-order valence-electron chi connectivity index (χ1n) is 7.78. The molecule has 2 aromatic rings. The van der Waals surface area contributed by atoms with Crippen molar-refractivity contribution in [3.63, 3.8) is 0 Å². The Morgan fingerprint density at radius 1 is 1.35 bits per heavy atom. The average molecular weight is 311 g/mol. The first kappa shape index (κ1) is 15.3. The van der Waals surface area contributed by atoms with E-state index in [9.17, 15) is 0 Å². The van der Waals surface area contributed by atoms with Crippen molar-refractivity contribution in [3.8, 4) is 5.75 Å². The zero-order chi connectivity index (χ0) is 16.1. The molecule has 0 spiro atoms. The van der Waals surface area contributed by atoms with E-state index >= 15 is 0 Å². The Morgan fingerprint density at radius 2 is 2.17 bits per heavy atom. The van der Waals surface area contributed by atoms with E-state index in [2.05, 4.69) is 26.3 Å². The van der Waals surface area contributed by atoms with Gasteiger partial charge in [0.1, 0.15) is 5.75 Å². The smallest absolute Gasteiger partial charge is 0.189 e. The molecule has 1 atom stereocenters. The molecule has 0 fully saturated rings. The molecule has 0 bridgehead atoms. The number of aryl methyl sites for hydroxylation is 1. The lowest BCUT2D eigenvalue weighted by Crippen LogP contribution is -2.37. The number of benzene rings is 1. The largest absolute Gasteiger partial charge is 0.493 e. The molecule has 0 radical (unpaired) electrons. The van der Waals surface area contributed by atoms with Crippen molar-refractivity contribution in [1.29, 1.82) is 0 Å². The quantitative estimate of drug-likeness (QED) is 0.664. The van der Waals surface area contributed by atoms with Crippen LogP contribution in [-0.4, -0.2) is 29.1 Å². The number of nitrogens with two attached hydrogens (primary N) is 1. The van der Waals surface area contributed by atoms with Gasteiger partial charge in [0.05, 0.1) is 24.0 Å². The summed E-state index contributed by atoms with van der Waals surface area (Å²) in [5.41, 5.74) is 9.05. The average Bonchev–Trinajstić information content (AvgIpc) is 2.57. The Hall–Kier alpha value is -2.63. The molecule has 2 heterocycles. The van der Waals surface area contributed by atoms with Crippen molar-refractivity contribution in [2.75, 3.05) is 13.2 Å². The van der Waals surface area contributed by atoms with Crippen molar-refractivity contribution >= 4 is 5.96 Å². The molecule has 1 aromatic heterocycles. The summed E-state index contributed by atoms with van der Waals surface area (Å²) >= 11 is 0. The van der Waals surface area contributed by atoms with Gasteiger partial charge < -0.3 is 15.8 Å². The lowest BCUT2D eigenvalue weighted by Gasteiger charge is -2.26. The molecule has 1 aromatic carbocycles. The fraction of sp³-hybridized carbons (Fsp3) is 0.353. The summed E-state index contributed by atoms with van der Waals surface area (Å²) in [6, 6.07) is 8.16. The molecule has 120 valence electrons. The van der Waals surface area contributed by atoms with Crippen molar-refractivity contribution in [2.24, 2.45) is 10.7 Å². The summed E-state index contributed by atoms with van der Waals surface area (Å²) in [5.74, 6) is 1.37. The molecule has 3 N–H and O–H groups in total. The monoisotopic (exact) mass is 311 g/mol. The van der Waals surface area contributed by atoms with E-state index in [1.807, 2.05) is 25.1 Å². The summed E-state index contributed by atoms with van der Waals surface area (Å²) in [6.07, 6.45) is 5.00. The third-order valence-electron chi connectivity index (χ3n) is 3.89. The molecular formula is C17H21N5O. The van der Waals surface area contributed by atoms with Crippen LogP contribution in [-0.2, 0) is 6.42 Å². The Balaban J connectivity index is 1.59. The highest BCUT2D eigenvalue weighted by atomic mass is 16.5. The number of para-hydroxylation sites is 1. The van der Waals surface area contributed by atoms with Crippen LogP contribution in [0.2, 0.25) is 0 Å². The molecule has 6 heteroatoms. The van der Waals surface area contributed by atoms with Gasteiger partial charge in [-0.15, -0.1) is 0 Å². The third-order valence-corrected chi connectivity index (χ3v) is 3.89. The Labute approximate surface area is 135 Å². The number of fused-ring (bicyclic) bond motifs is 1. The van der Waals surface area contributed by atoms with E-state index in [1.165, 1.54) is 0 Å². The normalized spacial score (nSPS) is 17.3. The molecule has 1 aliphatic heterocycles. The molecule has 6 nitrogen and oxygen atoms in total. The number of aliphatic imine (C=N–C) groups is 1. The highest BCUT2D eigenvalue weighted by Gasteiger charge is 2.21. The fourth-order valence-electron chi connectivity index (χ4n) is 2.68. The minimum atomic E-state index is 0.141. The van der Waals surface area contributed by atoms with Gasteiger partial charge in [0, 0.05) is 37.3 Å². The fourth-order valence-corrected chi connectivity index (χ4v) is 2.68. The maximum atomic E-state index is 6.03. The van der Waals surface area contributed by atoms with Gasteiger partial charge in [0.2, 0.25) is 0 Å². The minimum Gasteiger partial charge on any atom is -0.493 e. The molecule has 1 unspecified atom stereocenters. The van der Waals surface area contributed by atoms with Gasteiger partial charge in [-0.25, -0.2) is 0 Å². The molecule has 23 heavy (non-hydrogen) atoms. The first-order valence-corrected chi connectivity index (χ1v) is 7.78. The lowest BCUT2D eigenvalue weighted by molar-refractivity contribution is 0.262. The Kier molecular flexibility index (Phi) is 4.71. The molecule has 0 amide bonds. The molecule has 0 saturated heterocycles. The summed E-state index contributed by atoms with van der Waals surface area (Å²) in [7, 11) is 0. The van der Waals surface area contributed by atoms with Gasteiger partial charge in [-0.1, -0.05) is 18.2 Å². The van der Waals surface area contributed by atoms with Gasteiger partial charge in [-0.3, -0.25) is 15.0 Å². The molecule has 0 aliphatic carbocycles. The standard InChI is InChI=1S/C17H21N5O/c1-12-14(20-10-9-19-12)6-8-21-17(18)22-15-7-11-23-16-5-3-2-4-13(15)16/h2-5,9-10,15H,6-8,11H2,1H3,(H3,18,21,22). The number of aromatic nitrogens is 2. The SMILES string of the molecule is Cc1nccnc1CCN=C(N)NC1CCOc2ccccc21. The van der Waals surface area contributed by atoms with Gasteiger partial charge in [-0.05, 0) is 13.0 Å². The highest BCUT2D eigenvalue weighted by Crippen LogP contribution is 2.31. The van der Waals surface area contributed by atoms with Gasteiger partial charge >= 0.3 is 0 Å². The molecular weight excluding hydrogens is 290 g/mol. The predicted octanol–water partition coefficient (Wildman–Crippen LogP) is 1.76. The molecule has 1 aliphatic rings. The predicted molar refractivity (Wildman–Crippen MR) is 89.4 cm³/mol. The minimum absolute atomic E-state index is 0.141. The molecule has 3 rings (SSSR count). The summed E-state index contributed by atoms with van der Waals surface area (Å²) < 4.78 is 5.65. The summed E-state index contributed by atoms with van der Waals surface area (Å²) in [6.45, 7) is 3.22. The lowest BCUT2D eigenvalue weighted by atomic mass is 10.0. The van der Waals surface area contributed by atoms with Crippen LogP contribution in [0.1, 0.15) is 29.4 Å². The summed E-state index contributed by atoms with van der Waals surface area (Å²) in [5, 5.41) is 3.29. The number of hydrogen-bond acceptors (Lipinski definition) is 4. The van der Waals surface area contributed by atoms with E-state index < -0.39 is 0 Å². The van der Waals surface area contributed by atoms with Crippen LogP contribution in [0.5, 0.6) is 5.75 Å². The number of nitrogens with zero attached hydrogens (tertiary/aromatic N) is 3. The van der Waals surface area contributed by atoms with Crippen LogP contribution in [0.4, 0.5) is 0 Å². The van der Waals surface area contributed by atoms with E-state index in [0.717, 1.165) is 35.5 Å². The zero-order valence-corrected chi connectivity index (χ0v) is 13.2. The topological polar surface area (TPSA) is 85.4 Å². The van der Waals surface area contributed by atoms with Crippen LogP contribution in [0.15, 0.2) is 41.7 Å². The second-order valence-corrected chi connectivity index (χ2v) is 5.48. The zero-order valence-electron chi connectivity index (χ0n) is 13.2. The Morgan fingerprint density at radius 3 is 3.04 bits per heavy atom. The third kappa shape index (κ3) is 3.77. The van der Waals surface area contributed by atoms with E-state index in [-0.39, 0.29) is 6.04 Å². The maximum absolute atomic E-state index is 6.03. The Bertz CT molecular complexity index is 701. The van der Waals surface area contributed by atoms with Crippen molar-refractivity contribution in [2.45, 2.75) is 25.8 Å². The second kappa shape index (κ2) is 7.09. The van der Waals surface area contributed by atoms with Crippen LogP contribution in [0.3, 0.4) is 0 Å². The van der Waals surface area contributed by atoms with Crippen LogP contribution in [0.25, 0.3) is 0 Å². The second-order valence-electron chi connectivity index (χ2n) is 5.48. The van der Waals surface area contributed by atoms with Gasteiger partial charge in [-0.2, -0.15) is 0 Å².